The predicted molar refractivity (Wildman–Crippen MR) is 66.7 cm³/mol. The summed E-state index contributed by atoms with van der Waals surface area (Å²) in [4.78, 5) is 0. The topological polar surface area (TPSA) is 111 Å². The number of hydrogen-bond acceptors (Lipinski definition) is 7. The van der Waals surface area contributed by atoms with Gasteiger partial charge in [-0.05, 0) is 6.07 Å². The molecule has 9 heteroatoms. The van der Waals surface area contributed by atoms with Crippen LogP contribution in [0.4, 0.5) is 0 Å². The molecule has 0 aliphatic rings. The second-order valence-corrected chi connectivity index (χ2v) is 6.83. The van der Waals surface area contributed by atoms with E-state index in [1.165, 1.54) is 12.1 Å². The molecule has 1 rings (SSSR count). The standard InChI is InChI=1S/C10H11NO6S2/c1-18(12,13)16-9-4-3-8(5-6-11)10(7-9)17-19(2,14)15/h3-4,7H,5H2,1-2H3. The van der Waals surface area contributed by atoms with E-state index in [4.69, 9.17) is 5.26 Å². The third-order valence-corrected chi connectivity index (χ3v) is 2.77. The first-order valence-electron chi connectivity index (χ1n) is 4.89. The first-order valence-corrected chi connectivity index (χ1v) is 8.53. The maximum absolute atomic E-state index is 11.1. The maximum Gasteiger partial charge on any atom is 0.306 e. The van der Waals surface area contributed by atoms with Gasteiger partial charge in [-0.1, -0.05) is 6.07 Å². The summed E-state index contributed by atoms with van der Waals surface area (Å²) in [5.74, 6) is -0.229. The Labute approximate surface area is 111 Å². The lowest BCUT2D eigenvalue weighted by Crippen LogP contribution is -2.09. The summed E-state index contributed by atoms with van der Waals surface area (Å²) in [6, 6.07) is 5.62. The Morgan fingerprint density at radius 3 is 2.16 bits per heavy atom. The van der Waals surface area contributed by atoms with Gasteiger partial charge in [0.25, 0.3) is 0 Å². The Hall–Kier alpha value is -1.79. The van der Waals surface area contributed by atoms with Gasteiger partial charge >= 0.3 is 20.2 Å². The summed E-state index contributed by atoms with van der Waals surface area (Å²) < 4.78 is 53.4. The van der Waals surface area contributed by atoms with Crippen molar-refractivity contribution in [2.24, 2.45) is 0 Å². The van der Waals surface area contributed by atoms with Crippen LogP contribution in [0, 0.1) is 11.3 Å². The van der Waals surface area contributed by atoms with Gasteiger partial charge in [-0.3, -0.25) is 0 Å². The van der Waals surface area contributed by atoms with Gasteiger partial charge in [0.1, 0.15) is 5.75 Å². The average Bonchev–Trinajstić information content (AvgIpc) is 2.17. The van der Waals surface area contributed by atoms with Crippen molar-refractivity contribution in [1.82, 2.24) is 0 Å². The summed E-state index contributed by atoms with van der Waals surface area (Å²) in [5.41, 5.74) is 0.314. The zero-order valence-corrected chi connectivity index (χ0v) is 11.8. The first-order chi connectivity index (χ1) is 8.61. The van der Waals surface area contributed by atoms with E-state index in [1.807, 2.05) is 6.07 Å². The molecule has 19 heavy (non-hydrogen) atoms. The van der Waals surface area contributed by atoms with E-state index in [-0.39, 0.29) is 17.9 Å². The van der Waals surface area contributed by atoms with Crippen molar-refractivity contribution in [1.29, 1.82) is 5.26 Å². The molecule has 0 heterocycles. The van der Waals surface area contributed by atoms with Crippen LogP contribution in [-0.2, 0) is 26.7 Å². The van der Waals surface area contributed by atoms with Crippen LogP contribution >= 0.6 is 0 Å². The van der Waals surface area contributed by atoms with E-state index >= 15 is 0 Å². The molecular formula is C10H11NO6S2. The molecule has 0 atom stereocenters. The third-order valence-electron chi connectivity index (χ3n) is 1.80. The highest BCUT2D eigenvalue weighted by atomic mass is 32.2. The summed E-state index contributed by atoms with van der Waals surface area (Å²) in [5, 5.41) is 8.62. The zero-order valence-electron chi connectivity index (χ0n) is 10.2. The number of nitrogens with zero attached hydrogens (tertiary/aromatic N) is 1. The lowest BCUT2D eigenvalue weighted by atomic mass is 10.1. The van der Waals surface area contributed by atoms with Crippen LogP contribution in [0.2, 0.25) is 0 Å². The molecule has 0 saturated carbocycles. The average molecular weight is 305 g/mol. The Kier molecular flexibility index (Phi) is 4.39. The van der Waals surface area contributed by atoms with Crippen LogP contribution < -0.4 is 8.37 Å². The molecule has 0 amide bonds. The molecule has 1 aromatic rings. The van der Waals surface area contributed by atoms with Crippen molar-refractivity contribution in [2.75, 3.05) is 12.5 Å². The number of hydrogen-bond donors (Lipinski definition) is 0. The second-order valence-electron chi connectivity index (χ2n) is 3.68. The molecule has 7 nitrogen and oxygen atoms in total. The van der Waals surface area contributed by atoms with E-state index in [0.717, 1.165) is 18.6 Å². The lowest BCUT2D eigenvalue weighted by Gasteiger charge is -2.09. The summed E-state index contributed by atoms with van der Waals surface area (Å²) in [7, 11) is -7.53. The Morgan fingerprint density at radius 2 is 1.68 bits per heavy atom. The van der Waals surface area contributed by atoms with Gasteiger partial charge in [0.15, 0.2) is 5.75 Å². The summed E-state index contributed by atoms with van der Waals surface area (Å²) >= 11 is 0. The fourth-order valence-corrected chi connectivity index (χ4v) is 2.17. The van der Waals surface area contributed by atoms with Crippen LogP contribution in [0.5, 0.6) is 11.5 Å². The molecule has 0 bridgehead atoms. The van der Waals surface area contributed by atoms with Crippen molar-refractivity contribution >= 4 is 20.2 Å². The van der Waals surface area contributed by atoms with Crippen molar-refractivity contribution in [3.63, 3.8) is 0 Å². The van der Waals surface area contributed by atoms with Crippen molar-refractivity contribution in [3.05, 3.63) is 23.8 Å². The molecule has 0 saturated heterocycles. The first kappa shape index (κ1) is 15.3. The molecule has 104 valence electrons. The lowest BCUT2D eigenvalue weighted by molar-refractivity contribution is 0.481. The molecular weight excluding hydrogens is 294 g/mol. The third kappa shape index (κ3) is 5.58. The quantitative estimate of drug-likeness (QED) is 0.725. The Bertz CT molecular complexity index is 715. The van der Waals surface area contributed by atoms with Crippen LogP contribution in [-0.4, -0.2) is 29.3 Å². The summed E-state index contributed by atoms with van der Waals surface area (Å²) in [6.07, 6.45) is 1.62. The van der Waals surface area contributed by atoms with Crippen LogP contribution in [0.25, 0.3) is 0 Å². The molecule has 0 aromatic heterocycles. The number of nitriles is 1. The second kappa shape index (κ2) is 5.46. The number of benzene rings is 1. The van der Waals surface area contributed by atoms with Gasteiger partial charge in [-0.2, -0.15) is 22.1 Å². The highest BCUT2D eigenvalue weighted by Gasteiger charge is 2.13. The molecule has 0 N–H and O–H groups in total. The smallest absolute Gasteiger partial charge is 0.306 e. The van der Waals surface area contributed by atoms with Gasteiger partial charge in [0.05, 0.1) is 25.0 Å². The molecule has 0 unspecified atom stereocenters. The van der Waals surface area contributed by atoms with Gasteiger partial charge in [-0.15, -0.1) is 0 Å². The van der Waals surface area contributed by atoms with Crippen molar-refractivity contribution < 1.29 is 25.2 Å². The molecule has 0 aliphatic carbocycles. The largest absolute Gasteiger partial charge is 0.382 e. The molecule has 1 aromatic carbocycles. The monoisotopic (exact) mass is 305 g/mol. The van der Waals surface area contributed by atoms with Gasteiger partial charge < -0.3 is 8.37 Å². The molecule has 0 spiro atoms. The van der Waals surface area contributed by atoms with E-state index < -0.39 is 20.2 Å². The van der Waals surface area contributed by atoms with Gasteiger partial charge in [0.2, 0.25) is 0 Å². The van der Waals surface area contributed by atoms with E-state index in [9.17, 15) is 16.8 Å². The number of rotatable bonds is 5. The molecule has 0 radical (unpaired) electrons. The normalized spacial score (nSPS) is 11.6. The van der Waals surface area contributed by atoms with Gasteiger partial charge in [0, 0.05) is 11.6 Å². The Morgan fingerprint density at radius 1 is 1.11 bits per heavy atom. The maximum atomic E-state index is 11.1. The minimum absolute atomic E-state index is 0.0794. The minimum atomic E-state index is -3.79. The van der Waals surface area contributed by atoms with Crippen LogP contribution in [0.1, 0.15) is 5.56 Å². The Balaban J connectivity index is 3.22. The fourth-order valence-electron chi connectivity index (χ4n) is 1.23. The van der Waals surface area contributed by atoms with E-state index in [0.29, 0.717) is 5.56 Å². The van der Waals surface area contributed by atoms with E-state index in [2.05, 4.69) is 8.37 Å². The highest BCUT2D eigenvalue weighted by Crippen LogP contribution is 2.27. The highest BCUT2D eigenvalue weighted by molar-refractivity contribution is 7.86. The minimum Gasteiger partial charge on any atom is -0.382 e. The summed E-state index contributed by atoms with van der Waals surface area (Å²) in [6.45, 7) is 0. The molecule has 0 fully saturated rings. The van der Waals surface area contributed by atoms with Crippen molar-refractivity contribution in [2.45, 2.75) is 6.42 Å². The van der Waals surface area contributed by atoms with Crippen molar-refractivity contribution in [3.8, 4) is 17.6 Å². The predicted octanol–water partition coefficient (Wildman–Crippen LogP) is 0.429. The van der Waals surface area contributed by atoms with Crippen LogP contribution in [0.3, 0.4) is 0 Å². The zero-order chi connectivity index (χ0) is 14.7. The fraction of sp³-hybridized carbons (Fsp3) is 0.300. The van der Waals surface area contributed by atoms with Crippen LogP contribution in [0.15, 0.2) is 18.2 Å². The van der Waals surface area contributed by atoms with Gasteiger partial charge in [-0.25, -0.2) is 0 Å². The molecule has 0 aliphatic heterocycles. The van der Waals surface area contributed by atoms with E-state index in [1.54, 1.807) is 0 Å². The SMILES string of the molecule is CS(=O)(=O)Oc1ccc(CC#N)c(OS(C)(=O)=O)c1.